The minimum absolute atomic E-state index is 0.0830. The van der Waals surface area contributed by atoms with Gasteiger partial charge in [0.2, 0.25) is 0 Å². The van der Waals surface area contributed by atoms with Crippen LogP contribution in [-0.4, -0.2) is 41.8 Å². The first-order chi connectivity index (χ1) is 13.4. The number of oxime groups is 1. The van der Waals surface area contributed by atoms with Crippen molar-refractivity contribution in [2.75, 3.05) is 13.2 Å². The van der Waals surface area contributed by atoms with Crippen LogP contribution in [0, 0.1) is 34.5 Å². The Bertz CT molecular complexity index is 542. The minimum Gasteiger partial charge on any atom is -0.395 e. The summed E-state index contributed by atoms with van der Waals surface area (Å²) in [6.45, 7) is 7.88. The maximum absolute atomic E-state index is 11.3. The fourth-order valence-corrected chi connectivity index (χ4v) is 7.10. The van der Waals surface area contributed by atoms with Gasteiger partial charge in [-0.1, -0.05) is 32.3 Å². The molecule has 0 spiro atoms. The maximum atomic E-state index is 11.3. The van der Waals surface area contributed by atoms with Gasteiger partial charge in [0.25, 0.3) is 0 Å². The van der Waals surface area contributed by atoms with Gasteiger partial charge in [-0.25, -0.2) is 0 Å². The van der Waals surface area contributed by atoms with Crippen molar-refractivity contribution in [3.05, 3.63) is 0 Å². The highest BCUT2D eigenvalue weighted by Gasteiger charge is 2.57. The SMILES string of the molecule is CCC[C@@]1(C)CC[C@H]2[C@@H](CC[C@@H]3C[C@@H](O)C(C/C=N\OCCN)C[C@@]32C)[C@@H]1O. The quantitative estimate of drug-likeness (QED) is 0.349. The highest BCUT2D eigenvalue weighted by Crippen LogP contribution is 2.62. The van der Waals surface area contributed by atoms with Gasteiger partial charge in [0.1, 0.15) is 6.61 Å². The van der Waals surface area contributed by atoms with E-state index in [2.05, 4.69) is 25.9 Å². The molecule has 0 heterocycles. The third-order valence-electron chi connectivity index (χ3n) is 8.65. The third kappa shape index (κ3) is 4.13. The molecule has 0 aromatic carbocycles. The lowest BCUT2D eigenvalue weighted by molar-refractivity contribution is -0.167. The summed E-state index contributed by atoms with van der Waals surface area (Å²) in [5, 5.41) is 26.1. The molecule has 3 aliphatic carbocycles. The summed E-state index contributed by atoms with van der Waals surface area (Å²) in [4.78, 5) is 5.12. The standard InChI is InChI=1S/C23H42N2O3/c1-4-9-22(2)10-7-19-18(21(22)27)6-5-17-14-20(26)16(15-23(17,19)3)8-12-25-28-13-11-24/h12,16-21,26-27H,4-11,13-15,24H2,1-3H3/b25-12-/t16?,17-,18-,19+,20-,21+,22+,23+/m1/s1. The summed E-state index contributed by atoms with van der Waals surface area (Å²) in [6, 6.07) is 0. The smallest absolute Gasteiger partial charge is 0.129 e. The van der Waals surface area contributed by atoms with Crippen LogP contribution >= 0.6 is 0 Å². The van der Waals surface area contributed by atoms with Crippen molar-refractivity contribution in [1.29, 1.82) is 0 Å². The summed E-state index contributed by atoms with van der Waals surface area (Å²) < 4.78 is 0. The van der Waals surface area contributed by atoms with Crippen molar-refractivity contribution < 1.29 is 15.1 Å². The van der Waals surface area contributed by atoms with Crippen molar-refractivity contribution in [2.45, 2.75) is 90.8 Å². The van der Waals surface area contributed by atoms with Crippen LogP contribution in [0.25, 0.3) is 0 Å². The third-order valence-corrected chi connectivity index (χ3v) is 8.65. The van der Waals surface area contributed by atoms with Crippen LogP contribution in [0.15, 0.2) is 5.16 Å². The topological polar surface area (TPSA) is 88.1 Å². The Morgan fingerprint density at radius 1 is 1.21 bits per heavy atom. The Morgan fingerprint density at radius 3 is 2.71 bits per heavy atom. The predicted octanol–water partition coefficient (Wildman–Crippen LogP) is 3.72. The van der Waals surface area contributed by atoms with E-state index in [1.165, 1.54) is 6.42 Å². The fraction of sp³-hybridized carbons (Fsp3) is 0.957. The molecule has 0 aromatic heterocycles. The number of aliphatic hydroxyl groups is 2. The van der Waals surface area contributed by atoms with Gasteiger partial charge in [0, 0.05) is 12.8 Å². The highest BCUT2D eigenvalue weighted by atomic mass is 16.6. The lowest BCUT2D eigenvalue weighted by atomic mass is 9.45. The molecule has 3 aliphatic rings. The van der Waals surface area contributed by atoms with Crippen LogP contribution in [0.4, 0.5) is 0 Å². The van der Waals surface area contributed by atoms with Gasteiger partial charge < -0.3 is 20.8 Å². The van der Waals surface area contributed by atoms with E-state index in [0.717, 1.165) is 51.4 Å². The van der Waals surface area contributed by atoms with E-state index in [4.69, 9.17) is 10.6 Å². The number of hydrogen-bond donors (Lipinski definition) is 3. The molecule has 3 rings (SSSR count). The summed E-state index contributed by atoms with van der Waals surface area (Å²) in [6.07, 6.45) is 10.9. The minimum atomic E-state index is -0.255. The van der Waals surface area contributed by atoms with E-state index < -0.39 is 0 Å². The number of aliphatic hydroxyl groups excluding tert-OH is 2. The Hall–Kier alpha value is -0.650. The second kappa shape index (κ2) is 9.01. The van der Waals surface area contributed by atoms with E-state index >= 15 is 0 Å². The molecule has 5 heteroatoms. The zero-order valence-corrected chi connectivity index (χ0v) is 18.1. The predicted molar refractivity (Wildman–Crippen MR) is 113 cm³/mol. The summed E-state index contributed by atoms with van der Waals surface area (Å²) in [7, 11) is 0. The number of fused-ring (bicyclic) bond motifs is 3. The van der Waals surface area contributed by atoms with Crippen molar-refractivity contribution in [3.8, 4) is 0 Å². The summed E-state index contributed by atoms with van der Waals surface area (Å²) in [5.74, 6) is 1.80. The highest BCUT2D eigenvalue weighted by molar-refractivity contribution is 5.56. The molecular formula is C23H42N2O3. The molecule has 0 amide bonds. The average molecular weight is 395 g/mol. The van der Waals surface area contributed by atoms with Gasteiger partial charge in [-0.3, -0.25) is 0 Å². The van der Waals surface area contributed by atoms with E-state index in [0.29, 0.717) is 30.9 Å². The van der Waals surface area contributed by atoms with Crippen molar-refractivity contribution in [3.63, 3.8) is 0 Å². The largest absolute Gasteiger partial charge is 0.395 e. The second-order valence-electron chi connectivity index (χ2n) is 10.4. The van der Waals surface area contributed by atoms with Gasteiger partial charge in [-0.05, 0) is 85.9 Å². The Balaban J connectivity index is 1.71. The molecule has 0 saturated heterocycles. The van der Waals surface area contributed by atoms with Crippen LogP contribution in [0.2, 0.25) is 0 Å². The van der Waals surface area contributed by atoms with Crippen molar-refractivity contribution >= 4 is 6.21 Å². The van der Waals surface area contributed by atoms with Crippen molar-refractivity contribution in [1.82, 2.24) is 0 Å². The number of rotatable bonds is 7. The molecule has 1 unspecified atom stereocenters. The van der Waals surface area contributed by atoms with Crippen LogP contribution < -0.4 is 5.73 Å². The molecule has 28 heavy (non-hydrogen) atoms. The summed E-state index contributed by atoms with van der Waals surface area (Å²) in [5.41, 5.74) is 5.72. The van der Waals surface area contributed by atoms with Gasteiger partial charge in [-0.2, -0.15) is 0 Å². The molecule has 0 aliphatic heterocycles. The van der Waals surface area contributed by atoms with Gasteiger partial charge in [-0.15, -0.1) is 0 Å². The van der Waals surface area contributed by atoms with Gasteiger partial charge in [0.05, 0.1) is 12.2 Å². The van der Waals surface area contributed by atoms with E-state index in [1.807, 2.05) is 6.21 Å². The van der Waals surface area contributed by atoms with Crippen molar-refractivity contribution in [2.24, 2.45) is 45.4 Å². The van der Waals surface area contributed by atoms with Gasteiger partial charge in [0.15, 0.2) is 0 Å². The fourth-order valence-electron chi connectivity index (χ4n) is 7.10. The zero-order chi connectivity index (χ0) is 20.4. The first-order valence-electron chi connectivity index (χ1n) is 11.6. The molecule has 0 aromatic rings. The molecular weight excluding hydrogens is 352 g/mol. The van der Waals surface area contributed by atoms with Crippen LogP contribution in [0.1, 0.15) is 78.6 Å². The molecule has 5 nitrogen and oxygen atoms in total. The van der Waals surface area contributed by atoms with E-state index in [-0.39, 0.29) is 29.0 Å². The monoisotopic (exact) mass is 394 g/mol. The van der Waals surface area contributed by atoms with Crippen LogP contribution in [0.5, 0.6) is 0 Å². The molecule has 8 atom stereocenters. The zero-order valence-electron chi connectivity index (χ0n) is 18.1. The molecule has 162 valence electrons. The van der Waals surface area contributed by atoms with E-state index in [9.17, 15) is 10.2 Å². The molecule has 3 saturated carbocycles. The normalized spacial score (nSPS) is 46.2. The maximum Gasteiger partial charge on any atom is 0.129 e. The Morgan fingerprint density at radius 2 is 2.00 bits per heavy atom. The van der Waals surface area contributed by atoms with Crippen LogP contribution in [0.3, 0.4) is 0 Å². The number of nitrogens with zero attached hydrogens (tertiary/aromatic N) is 1. The average Bonchev–Trinajstić information content (AvgIpc) is 2.66. The molecule has 0 radical (unpaired) electrons. The molecule has 0 bridgehead atoms. The first kappa shape index (κ1) is 22.0. The lowest BCUT2D eigenvalue weighted by Crippen LogP contribution is -2.57. The van der Waals surface area contributed by atoms with E-state index in [1.54, 1.807) is 0 Å². The first-order valence-corrected chi connectivity index (χ1v) is 11.6. The molecule has 3 fully saturated rings. The summed E-state index contributed by atoms with van der Waals surface area (Å²) >= 11 is 0. The second-order valence-corrected chi connectivity index (χ2v) is 10.4. The lowest BCUT2D eigenvalue weighted by Gasteiger charge is -2.61. The number of nitrogens with two attached hydrogens (primary N) is 1. The van der Waals surface area contributed by atoms with Gasteiger partial charge >= 0.3 is 0 Å². The Kier molecular flexibility index (Phi) is 7.09. The van der Waals surface area contributed by atoms with Crippen LogP contribution in [-0.2, 0) is 4.84 Å². The molecule has 4 N–H and O–H groups in total. The number of hydrogen-bond acceptors (Lipinski definition) is 5. The Labute approximate surface area is 171 Å².